The first-order chi connectivity index (χ1) is 11.9. The largest absolute Gasteiger partial charge is 0.349 e. The summed E-state index contributed by atoms with van der Waals surface area (Å²) in [5.41, 5.74) is 4.47. The molecule has 0 saturated heterocycles. The van der Waals surface area contributed by atoms with Crippen LogP contribution < -0.4 is 5.32 Å². The molecule has 2 aromatic carbocycles. The standard InChI is InChI=1S/C21H26N2O2/c1-15-10-11-19(16(2)12-15)14-23(4)21(25)13-20(22-17(3)24)18-8-6-5-7-9-18/h5-12,20H,13-14H2,1-4H3,(H,22,24)/t20-/m1/s1. The number of hydrogen-bond donors (Lipinski definition) is 1. The van der Waals surface area contributed by atoms with Crippen molar-refractivity contribution in [3.8, 4) is 0 Å². The first-order valence-electron chi connectivity index (χ1n) is 8.49. The van der Waals surface area contributed by atoms with E-state index in [9.17, 15) is 9.59 Å². The van der Waals surface area contributed by atoms with E-state index >= 15 is 0 Å². The Bertz CT molecular complexity index is 741. The number of carbonyl (C=O) groups excluding carboxylic acids is 2. The molecule has 132 valence electrons. The van der Waals surface area contributed by atoms with Crippen molar-refractivity contribution >= 4 is 11.8 Å². The Kier molecular flexibility index (Phi) is 6.34. The van der Waals surface area contributed by atoms with Gasteiger partial charge in [0.2, 0.25) is 11.8 Å². The zero-order valence-corrected chi connectivity index (χ0v) is 15.4. The smallest absolute Gasteiger partial charge is 0.225 e. The Labute approximate surface area is 149 Å². The number of rotatable bonds is 6. The molecule has 4 heteroatoms. The van der Waals surface area contributed by atoms with E-state index in [4.69, 9.17) is 0 Å². The molecule has 2 rings (SSSR count). The van der Waals surface area contributed by atoms with E-state index in [1.807, 2.05) is 30.3 Å². The average Bonchev–Trinajstić information content (AvgIpc) is 2.57. The molecule has 0 unspecified atom stereocenters. The maximum atomic E-state index is 12.7. The third-order valence-corrected chi connectivity index (χ3v) is 4.29. The normalized spacial score (nSPS) is 11.7. The summed E-state index contributed by atoms with van der Waals surface area (Å²) in [6.07, 6.45) is 0.241. The van der Waals surface area contributed by atoms with Crippen LogP contribution in [0.5, 0.6) is 0 Å². The third-order valence-electron chi connectivity index (χ3n) is 4.29. The molecule has 1 atom stereocenters. The van der Waals surface area contributed by atoms with Crippen LogP contribution in [-0.2, 0) is 16.1 Å². The van der Waals surface area contributed by atoms with Gasteiger partial charge in [-0.1, -0.05) is 54.1 Å². The fourth-order valence-electron chi connectivity index (χ4n) is 2.88. The number of nitrogens with zero attached hydrogens (tertiary/aromatic N) is 1. The second kappa shape index (κ2) is 8.47. The lowest BCUT2D eigenvalue weighted by atomic mass is 10.0. The molecule has 2 amide bonds. The highest BCUT2D eigenvalue weighted by molar-refractivity contribution is 5.79. The van der Waals surface area contributed by atoms with Gasteiger partial charge in [-0.25, -0.2) is 0 Å². The maximum Gasteiger partial charge on any atom is 0.225 e. The molecule has 0 aromatic heterocycles. The van der Waals surface area contributed by atoms with Gasteiger partial charge in [-0.15, -0.1) is 0 Å². The predicted octanol–water partition coefficient (Wildman–Crippen LogP) is 3.53. The summed E-state index contributed by atoms with van der Waals surface area (Å²) in [6.45, 7) is 6.15. The van der Waals surface area contributed by atoms with Crippen LogP contribution in [0.4, 0.5) is 0 Å². The number of amides is 2. The van der Waals surface area contributed by atoms with Crippen molar-refractivity contribution in [3.63, 3.8) is 0 Å². The van der Waals surface area contributed by atoms with Gasteiger partial charge in [0.15, 0.2) is 0 Å². The topological polar surface area (TPSA) is 49.4 Å². The highest BCUT2D eigenvalue weighted by Crippen LogP contribution is 2.19. The van der Waals surface area contributed by atoms with Crippen molar-refractivity contribution in [2.75, 3.05) is 7.05 Å². The highest BCUT2D eigenvalue weighted by atomic mass is 16.2. The van der Waals surface area contributed by atoms with E-state index in [1.54, 1.807) is 11.9 Å². The Balaban J connectivity index is 2.07. The first-order valence-corrected chi connectivity index (χ1v) is 8.49. The molecule has 0 aliphatic carbocycles. The molecule has 1 N–H and O–H groups in total. The van der Waals surface area contributed by atoms with Gasteiger partial charge in [0, 0.05) is 20.5 Å². The SMILES string of the molecule is CC(=O)N[C@H](CC(=O)N(C)Cc1ccc(C)cc1C)c1ccccc1. The van der Waals surface area contributed by atoms with Gasteiger partial charge in [0.25, 0.3) is 0 Å². The number of aryl methyl sites for hydroxylation is 2. The molecule has 2 aromatic rings. The van der Waals surface area contributed by atoms with Crippen LogP contribution in [0.2, 0.25) is 0 Å². The van der Waals surface area contributed by atoms with Gasteiger partial charge in [-0.3, -0.25) is 9.59 Å². The van der Waals surface area contributed by atoms with Crippen molar-refractivity contribution in [1.29, 1.82) is 0 Å². The van der Waals surface area contributed by atoms with Crippen molar-refractivity contribution in [1.82, 2.24) is 10.2 Å². The second-order valence-corrected chi connectivity index (χ2v) is 6.55. The molecular formula is C21H26N2O2. The van der Waals surface area contributed by atoms with Gasteiger partial charge in [0.1, 0.15) is 0 Å². The molecule has 0 spiro atoms. The Hall–Kier alpha value is -2.62. The summed E-state index contributed by atoms with van der Waals surface area (Å²) in [4.78, 5) is 25.9. The summed E-state index contributed by atoms with van der Waals surface area (Å²) >= 11 is 0. The van der Waals surface area contributed by atoms with Crippen molar-refractivity contribution in [3.05, 3.63) is 70.8 Å². The molecular weight excluding hydrogens is 312 g/mol. The quantitative estimate of drug-likeness (QED) is 0.876. The minimum absolute atomic E-state index is 0.00239. The molecule has 0 heterocycles. The van der Waals surface area contributed by atoms with Crippen LogP contribution in [0.1, 0.15) is 41.6 Å². The van der Waals surface area contributed by atoms with Gasteiger partial charge >= 0.3 is 0 Å². The van der Waals surface area contributed by atoms with Crippen LogP contribution in [0, 0.1) is 13.8 Å². The van der Waals surface area contributed by atoms with Crippen LogP contribution in [-0.4, -0.2) is 23.8 Å². The lowest BCUT2D eigenvalue weighted by Gasteiger charge is -2.23. The molecule has 0 saturated carbocycles. The molecule has 0 radical (unpaired) electrons. The van der Waals surface area contributed by atoms with E-state index in [1.165, 1.54) is 18.1 Å². The Morgan fingerprint density at radius 1 is 1.08 bits per heavy atom. The summed E-state index contributed by atoms with van der Waals surface area (Å²) in [6, 6.07) is 15.5. The molecule has 0 bridgehead atoms. The fourth-order valence-corrected chi connectivity index (χ4v) is 2.88. The van der Waals surface area contributed by atoms with Gasteiger partial charge in [-0.2, -0.15) is 0 Å². The zero-order chi connectivity index (χ0) is 18.4. The molecule has 4 nitrogen and oxygen atoms in total. The summed E-state index contributed by atoms with van der Waals surface area (Å²) < 4.78 is 0. The molecule has 0 aliphatic heterocycles. The minimum Gasteiger partial charge on any atom is -0.349 e. The van der Waals surface area contributed by atoms with E-state index in [-0.39, 0.29) is 24.3 Å². The van der Waals surface area contributed by atoms with Crippen LogP contribution in [0.25, 0.3) is 0 Å². The number of carbonyl (C=O) groups is 2. The van der Waals surface area contributed by atoms with Gasteiger partial charge < -0.3 is 10.2 Å². The van der Waals surface area contributed by atoms with E-state index < -0.39 is 0 Å². The van der Waals surface area contributed by atoms with Crippen LogP contribution in [0.3, 0.4) is 0 Å². The highest BCUT2D eigenvalue weighted by Gasteiger charge is 2.19. The first kappa shape index (κ1) is 18.7. The summed E-state index contributed by atoms with van der Waals surface area (Å²) in [7, 11) is 1.80. The van der Waals surface area contributed by atoms with Crippen molar-refractivity contribution in [2.45, 2.75) is 39.8 Å². The monoisotopic (exact) mass is 338 g/mol. The van der Waals surface area contributed by atoms with Crippen molar-refractivity contribution < 1.29 is 9.59 Å². The number of hydrogen-bond acceptors (Lipinski definition) is 2. The molecule has 0 fully saturated rings. The summed E-state index contributed by atoms with van der Waals surface area (Å²) in [5, 5.41) is 2.88. The molecule has 0 aliphatic rings. The van der Waals surface area contributed by atoms with Crippen LogP contribution in [0.15, 0.2) is 48.5 Å². The number of benzene rings is 2. The lowest BCUT2D eigenvalue weighted by molar-refractivity contribution is -0.131. The second-order valence-electron chi connectivity index (χ2n) is 6.55. The van der Waals surface area contributed by atoms with Gasteiger partial charge in [0.05, 0.1) is 12.5 Å². The van der Waals surface area contributed by atoms with Crippen LogP contribution >= 0.6 is 0 Å². The lowest BCUT2D eigenvalue weighted by Crippen LogP contribution is -2.33. The Morgan fingerprint density at radius 2 is 1.76 bits per heavy atom. The average molecular weight is 338 g/mol. The van der Waals surface area contributed by atoms with E-state index in [0.29, 0.717) is 6.54 Å². The predicted molar refractivity (Wildman–Crippen MR) is 100 cm³/mol. The Morgan fingerprint density at radius 3 is 2.36 bits per heavy atom. The zero-order valence-electron chi connectivity index (χ0n) is 15.4. The number of nitrogens with one attached hydrogen (secondary N) is 1. The fraction of sp³-hybridized carbons (Fsp3) is 0.333. The maximum absolute atomic E-state index is 12.7. The molecule has 25 heavy (non-hydrogen) atoms. The van der Waals surface area contributed by atoms with E-state index in [2.05, 4.69) is 37.4 Å². The summed E-state index contributed by atoms with van der Waals surface area (Å²) in [5.74, 6) is -0.138. The van der Waals surface area contributed by atoms with Crippen molar-refractivity contribution in [2.24, 2.45) is 0 Å². The van der Waals surface area contributed by atoms with E-state index in [0.717, 1.165) is 11.1 Å². The van der Waals surface area contributed by atoms with Gasteiger partial charge in [-0.05, 0) is 30.5 Å². The minimum atomic E-state index is -0.312. The third kappa shape index (κ3) is 5.45.